The minimum atomic E-state index is -0.527. The van der Waals surface area contributed by atoms with Gasteiger partial charge in [0.1, 0.15) is 0 Å². The summed E-state index contributed by atoms with van der Waals surface area (Å²) in [7, 11) is 3.70. The van der Waals surface area contributed by atoms with Gasteiger partial charge in [-0.2, -0.15) is 0 Å². The fourth-order valence-electron chi connectivity index (χ4n) is 3.63. The van der Waals surface area contributed by atoms with E-state index in [-0.39, 0.29) is 11.8 Å². The highest BCUT2D eigenvalue weighted by Crippen LogP contribution is 2.49. The Kier molecular flexibility index (Phi) is 6.60. The molecule has 2 aromatic carbocycles. The Labute approximate surface area is 196 Å². The fraction of sp³-hybridized carbons (Fsp3) is 0.292. The summed E-state index contributed by atoms with van der Waals surface area (Å²) in [4.78, 5) is 32.2. The average Bonchev–Trinajstić information content (AvgIpc) is 3.45. The van der Waals surface area contributed by atoms with E-state index in [0.29, 0.717) is 18.1 Å². The summed E-state index contributed by atoms with van der Waals surface area (Å²) in [5.41, 5.74) is 2.18. The van der Waals surface area contributed by atoms with Gasteiger partial charge in [0.25, 0.3) is 0 Å². The normalized spacial score (nSPS) is 14.2. The SMILES string of the molecule is CN(C)CC(=O)Nc1ccc(C2(C(=O)Nc3ncc(Cc4ccccc4Cl)s3)CC2)cc1. The van der Waals surface area contributed by atoms with Crippen LogP contribution in [0.15, 0.2) is 54.7 Å². The van der Waals surface area contributed by atoms with Gasteiger partial charge >= 0.3 is 0 Å². The molecule has 1 saturated carbocycles. The summed E-state index contributed by atoms with van der Waals surface area (Å²) in [6.07, 6.45) is 4.06. The molecule has 4 rings (SSSR count). The van der Waals surface area contributed by atoms with Crippen LogP contribution in [0.3, 0.4) is 0 Å². The Morgan fingerprint density at radius 1 is 1.09 bits per heavy atom. The van der Waals surface area contributed by atoms with Crippen molar-refractivity contribution in [3.63, 3.8) is 0 Å². The van der Waals surface area contributed by atoms with Crippen molar-refractivity contribution >= 4 is 45.6 Å². The van der Waals surface area contributed by atoms with E-state index in [4.69, 9.17) is 11.6 Å². The number of aromatic nitrogens is 1. The molecule has 0 atom stereocenters. The number of amides is 2. The van der Waals surface area contributed by atoms with Crippen molar-refractivity contribution in [3.8, 4) is 0 Å². The predicted molar refractivity (Wildman–Crippen MR) is 130 cm³/mol. The molecule has 166 valence electrons. The zero-order chi connectivity index (χ0) is 22.7. The number of thiazole rings is 1. The quantitative estimate of drug-likeness (QED) is 0.508. The molecule has 0 bridgehead atoms. The first-order valence-corrected chi connectivity index (χ1v) is 11.6. The highest BCUT2D eigenvalue weighted by molar-refractivity contribution is 7.15. The van der Waals surface area contributed by atoms with E-state index >= 15 is 0 Å². The first-order valence-electron chi connectivity index (χ1n) is 10.4. The number of nitrogens with zero attached hydrogens (tertiary/aromatic N) is 2. The van der Waals surface area contributed by atoms with E-state index in [9.17, 15) is 9.59 Å². The molecule has 2 N–H and O–H groups in total. The molecule has 0 saturated heterocycles. The predicted octanol–water partition coefficient (Wildman–Crippen LogP) is 4.56. The Bertz CT molecular complexity index is 1120. The van der Waals surface area contributed by atoms with Crippen LogP contribution in [0.2, 0.25) is 5.02 Å². The highest BCUT2D eigenvalue weighted by atomic mass is 35.5. The molecular formula is C24H25ClN4O2S. The van der Waals surface area contributed by atoms with Crippen molar-refractivity contribution in [3.05, 3.63) is 75.8 Å². The zero-order valence-corrected chi connectivity index (χ0v) is 19.6. The molecule has 1 heterocycles. The van der Waals surface area contributed by atoms with E-state index in [0.717, 1.165) is 39.6 Å². The van der Waals surface area contributed by atoms with Gasteiger partial charge in [0.15, 0.2) is 5.13 Å². The molecule has 0 aliphatic heterocycles. The summed E-state index contributed by atoms with van der Waals surface area (Å²) in [5.74, 6) is -0.112. The summed E-state index contributed by atoms with van der Waals surface area (Å²) >= 11 is 7.72. The lowest BCUT2D eigenvalue weighted by molar-refractivity contribution is -0.118. The molecule has 8 heteroatoms. The third kappa shape index (κ3) is 5.18. The van der Waals surface area contributed by atoms with E-state index in [1.54, 1.807) is 6.20 Å². The Hall–Kier alpha value is -2.74. The molecule has 1 fully saturated rings. The maximum atomic E-state index is 13.1. The van der Waals surface area contributed by atoms with Crippen molar-refractivity contribution in [1.29, 1.82) is 0 Å². The van der Waals surface area contributed by atoms with Crippen molar-refractivity contribution in [1.82, 2.24) is 9.88 Å². The van der Waals surface area contributed by atoms with Crippen molar-refractivity contribution in [2.75, 3.05) is 31.3 Å². The topological polar surface area (TPSA) is 74.3 Å². The Morgan fingerprint density at radius 2 is 1.81 bits per heavy atom. The van der Waals surface area contributed by atoms with Gasteiger partial charge in [-0.1, -0.05) is 41.9 Å². The van der Waals surface area contributed by atoms with Crippen LogP contribution in [0.1, 0.15) is 28.8 Å². The lowest BCUT2D eigenvalue weighted by Gasteiger charge is -2.16. The molecule has 2 amide bonds. The maximum Gasteiger partial charge on any atom is 0.238 e. The number of carbonyl (C=O) groups excluding carboxylic acids is 2. The number of carbonyl (C=O) groups is 2. The second kappa shape index (κ2) is 9.40. The molecule has 1 aliphatic rings. The van der Waals surface area contributed by atoms with Crippen LogP contribution in [0, 0.1) is 0 Å². The lowest BCUT2D eigenvalue weighted by atomic mass is 9.95. The Balaban J connectivity index is 1.39. The molecule has 0 radical (unpaired) electrons. The lowest BCUT2D eigenvalue weighted by Crippen LogP contribution is -2.28. The minimum Gasteiger partial charge on any atom is -0.325 e. The van der Waals surface area contributed by atoms with Gasteiger partial charge in [0.2, 0.25) is 11.8 Å². The standard InChI is InChI=1S/C24H25ClN4O2S/c1-29(2)15-21(30)27-18-9-7-17(8-10-18)24(11-12-24)22(31)28-23-26-14-19(32-23)13-16-5-3-4-6-20(16)25/h3-10,14H,11-13,15H2,1-2H3,(H,27,30)(H,26,28,31). The van der Waals surface area contributed by atoms with Crippen LogP contribution in [-0.4, -0.2) is 42.3 Å². The molecule has 1 aliphatic carbocycles. The average molecular weight is 469 g/mol. The number of nitrogens with one attached hydrogen (secondary N) is 2. The molecule has 3 aromatic rings. The van der Waals surface area contributed by atoms with Crippen molar-refractivity contribution < 1.29 is 9.59 Å². The Morgan fingerprint density at radius 3 is 2.47 bits per heavy atom. The maximum absolute atomic E-state index is 13.1. The van der Waals surface area contributed by atoms with Crippen LogP contribution in [0.4, 0.5) is 10.8 Å². The van der Waals surface area contributed by atoms with Crippen LogP contribution in [-0.2, 0) is 21.4 Å². The summed E-state index contributed by atoms with van der Waals surface area (Å²) < 4.78 is 0. The number of halogens is 1. The number of benzene rings is 2. The molecular weight excluding hydrogens is 444 g/mol. The monoisotopic (exact) mass is 468 g/mol. The number of hydrogen-bond donors (Lipinski definition) is 2. The number of hydrogen-bond acceptors (Lipinski definition) is 5. The summed E-state index contributed by atoms with van der Waals surface area (Å²) in [6, 6.07) is 15.3. The second-order valence-electron chi connectivity index (χ2n) is 8.30. The number of anilines is 2. The van der Waals surface area contributed by atoms with Crippen LogP contribution >= 0.6 is 22.9 Å². The first kappa shape index (κ1) is 22.5. The molecule has 32 heavy (non-hydrogen) atoms. The molecule has 1 aromatic heterocycles. The summed E-state index contributed by atoms with van der Waals surface area (Å²) in [5, 5.41) is 7.18. The van der Waals surface area contributed by atoms with Crippen LogP contribution in [0.5, 0.6) is 0 Å². The van der Waals surface area contributed by atoms with Gasteiger partial charge in [0.05, 0.1) is 12.0 Å². The minimum absolute atomic E-state index is 0.0412. The van der Waals surface area contributed by atoms with Gasteiger partial charge in [-0.15, -0.1) is 11.3 Å². The fourth-order valence-corrected chi connectivity index (χ4v) is 4.66. The third-order valence-corrected chi connectivity index (χ3v) is 6.74. The largest absolute Gasteiger partial charge is 0.325 e. The van der Waals surface area contributed by atoms with Crippen LogP contribution < -0.4 is 10.6 Å². The van der Waals surface area contributed by atoms with E-state index in [1.165, 1.54) is 11.3 Å². The van der Waals surface area contributed by atoms with Crippen LogP contribution in [0.25, 0.3) is 0 Å². The summed E-state index contributed by atoms with van der Waals surface area (Å²) in [6.45, 7) is 0.320. The smallest absolute Gasteiger partial charge is 0.238 e. The first-order chi connectivity index (χ1) is 15.4. The number of rotatable bonds is 8. The molecule has 6 nitrogen and oxygen atoms in total. The molecule has 0 unspecified atom stereocenters. The van der Waals surface area contributed by atoms with Gasteiger partial charge in [-0.05, 0) is 56.3 Å². The van der Waals surface area contributed by atoms with Gasteiger partial charge in [-0.25, -0.2) is 4.98 Å². The molecule has 0 spiro atoms. The van der Waals surface area contributed by atoms with Crippen molar-refractivity contribution in [2.45, 2.75) is 24.7 Å². The van der Waals surface area contributed by atoms with Crippen molar-refractivity contribution in [2.24, 2.45) is 0 Å². The second-order valence-corrected chi connectivity index (χ2v) is 9.82. The van der Waals surface area contributed by atoms with E-state index < -0.39 is 5.41 Å². The van der Waals surface area contributed by atoms with Gasteiger partial charge in [-0.3, -0.25) is 9.59 Å². The van der Waals surface area contributed by atoms with E-state index in [2.05, 4.69) is 15.6 Å². The van der Waals surface area contributed by atoms with Gasteiger partial charge < -0.3 is 15.5 Å². The zero-order valence-electron chi connectivity index (χ0n) is 18.0. The highest BCUT2D eigenvalue weighted by Gasteiger charge is 2.51. The number of likely N-dealkylation sites (N-methyl/N-ethyl adjacent to an activating group) is 1. The van der Waals surface area contributed by atoms with E-state index in [1.807, 2.05) is 67.5 Å². The third-order valence-electron chi connectivity index (χ3n) is 5.46. The van der Waals surface area contributed by atoms with Gasteiger partial charge in [0, 0.05) is 28.2 Å².